The van der Waals surface area contributed by atoms with Gasteiger partial charge in [-0.25, -0.2) is 4.98 Å². The Kier molecular flexibility index (Phi) is 7.23. The first kappa shape index (κ1) is 22.5. The molecule has 2 heterocycles. The number of aliphatic hydroxyl groups is 4. The van der Waals surface area contributed by atoms with Gasteiger partial charge in [0.25, 0.3) is 0 Å². The number of aromatic nitrogens is 2. The van der Waals surface area contributed by atoms with Crippen molar-refractivity contribution < 1.29 is 25.2 Å². The first-order valence-electron chi connectivity index (χ1n) is 10.9. The standard InChI is InChI=1S/C23H30N4O5/c28-11-4-3-10-24-16-7-5-6-15(12-16)13-25-23-26-17-8-1-2-9-18(17)27(23)22-21(31)20(30)19(14-29)32-22/h1-2,5-9,12,19-22,24,28-31H,3-4,10-11,13-14H2,(H,25,26)/t19-,20-,21-,22-/m1/s1. The predicted molar refractivity (Wildman–Crippen MR) is 121 cm³/mol. The number of para-hydroxylation sites is 2. The number of benzene rings is 2. The van der Waals surface area contributed by atoms with Gasteiger partial charge in [0, 0.05) is 25.4 Å². The Hall–Kier alpha value is -2.69. The van der Waals surface area contributed by atoms with Crippen molar-refractivity contribution in [3.05, 3.63) is 54.1 Å². The molecule has 0 amide bonds. The van der Waals surface area contributed by atoms with E-state index in [-0.39, 0.29) is 13.2 Å². The minimum absolute atomic E-state index is 0.197. The van der Waals surface area contributed by atoms with Gasteiger partial charge in [0.15, 0.2) is 6.23 Å². The van der Waals surface area contributed by atoms with Crippen molar-refractivity contribution >= 4 is 22.7 Å². The van der Waals surface area contributed by atoms with E-state index in [4.69, 9.17) is 9.84 Å². The Bertz CT molecular complexity index is 1030. The molecule has 9 heteroatoms. The highest BCUT2D eigenvalue weighted by molar-refractivity contribution is 5.78. The normalized spacial score (nSPS) is 23.0. The van der Waals surface area contributed by atoms with Gasteiger partial charge in [-0.3, -0.25) is 4.57 Å². The van der Waals surface area contributed by atoms with Crippen LogP contribution in [0.15, 0.2) is 48.5 Å². The van der Waals surface area contributed by atoms with Crippen LogP contribution in [0.5, 0.6) is 0 Å². The van der Waals surface area contributed by atoms with E-state index >= 15 is 0 Å². The zero-order chi connectivity index (χ0) is 22.5. The van der Waals surface area contributed by atoms with Crippen LogP contribution in [-0.4, -0.2) is 68.0 Å². The lowest BCUT2D eigenvalue weighted by Gasteiger charge is -2.20. The highest BCUT2D eigenvalue weighted by Crippen LogP contribution is 2.35. The Morgan fingerprint density at radius 2 is 1.81 bits per heavy atom. The molecule has 172 valence electrons. The first-order valence-corrected chi connectivity index (χ1v) is 10.9. The summed E-state index contributed by atoms with van der Waals surface area (Å²) in [6.45, 7) is 1.09. The fourth-order valence-corrected chi connectivity index (χ4v) is 3.96. The van der Waals surface area contributed by atoms with E-state index < -0.39 is 24.5 Å². The molecule has 4 atom stereocenters. The molecule has 1 aliphatic rings. The van der Waals surface area contributed by atoms with Gasteiger partial charge < -0.3 is 35.8 Å². The molecule has 32 heavy (non-hydrogen) atoms. The number of fused-ring (bicyclic) bond motifs is 1. The Balaban J connectivity index is 1.54. The largest absolute Gasteiger partial charge is 0.396 e. The van der Waals surface area contributed by atoms with Gasteiger partial charge in [-0.1, -0.05) is 24.3 Å². The number of rotatable bonds is 10. The topological polar surface area (TPSA) is 132 Å². The van der Waals surface area contributed by atoms with Crippen molar-refractivity contribution in [2.75, 3.05) is 30.4 Å². The van der Waals surface area contributed by atoms with E-state index in [1.807, 2.05) is 48.5 Å². The molecule has 0 radical (unpaired) electrons. The van der Waals surface area contributed by atoms with Gasteiger partial charge in [-0.2, -0.15) is 0 Å². The molecule has 1 fully saturated rings. The zero-order valence-electron chi connectivity index (χ0n) is 17.8. The smallest absolute Gasteiger partial charge is 0.206 e. The molecule has 0 spiro atoms. The molecule has 0 bridgehead atoms. The van der Waals surface area contributed by atoms with Crippen LogP contribution in [0.1, 0.15) is 24.6 Å². The van der Waals surface area contributed by atoms with Gasteiger partial charge in [0.1, 0.15) is 18.3 Å². The highest BCUT2D eigenvalue weighted by atomic mass is 16.6. The number of anilines is 2. The van der Waals surface area contributed by atoms with Gasteiger partial charge in [-0.05, 0) is 42.7 Å². The monoisotopic (exact) mass is 442 g/mol. The van der Waals surface area contributed by atoms with E-state index in [9.17, 15) is 15.3 Å². The molecule has 1 aromatic heterocycles. The van der Waals surface area contributed by atoms with Gasteiger partial charge >= 0.3 is 0 Å². The van der Waals surface area contributed by atoms with Crippen LogP contribution >= 0.6 is 0 Å². The summed E-state index contributed by atoms with van der Waals surface area (Å²) < 4.78 is 7.50. The zero-order valence-corrected chi connectivity index (χ0v) is 17.8. The van der Waals surface area contributed by atoms with Crippen molar-refractivity contribution in [1.29, 1.82) is 0 Å². The quantitative estimate of drug-likeness (QED) is 0.260. The highest BCUT2D eigenvalue weighted by Gasteiger charge is 2.44. The molecule has 9 nitrogen and oxygen atoms in total. The number of unbranched alkanes of at least 4 members (excludes halogenated alkanes) is 1. The maximum Gasteiger partial charge on any atom is 0.206 e. The lowest BCUT2D eigenvalue weighted by atomic mass is 10.1. The number of ether oxygens (including phenoxy) is 1. The molecule has 1 aliphatic heterocycles. The lowest BCUT2D eigenvalue weighted by Crippen LogP contribution is -2.33. The number of nitrogens with one attached hydrogen (secondary N) is 2. The third kappa shape index (κ3) is 4.72. The molecule has 0 unspecified atom stereocenters. The molecule has 4 rings (SSSR count). The Morgan fingerprint density at radius 3 is 2.59 bits per heavy atom. The molecule has 2 aromatic carbocycles. The van der Waals surface area contributed by atoms with Crippen LogP contribution in [0.25, 0.3) is 11.0 Å². The molecule has 3 aromatic rings. The van der Waals surface area contributed by atoms with E-state index in [1.54, 1.807) is 4.57 Å². The lowest BCUT2D eigenvalue weighted by molar-refractivity contribution is -0.0499. The summed E-state index contributed by atoms with van der Waals surface area (Å²) in [7, 11) is 0. The van der Waals surface area contributed by atoms with Crippen molar-refractivity contribution in [2.24, 2.45) is 0 Å². The van der Waals surface area contributed by atoms with Crippen molar-refractivity contribution in [2.45, 2.75) is 43.9 Å². The number of hydrogen-bond acceptors (Lipinski definition) is 8. The molecular weight excluding hydrogens is 412 g/mol. The number of aliphatic hydroxyl groups excluding tert-OH is 4. The van der Waals surface area contributed by atoms with Gasteiger partial charge in [-0.15, -0.1) is 0 Å². The van der Waals surface area contributed by atoms with Crippen molar-refractivity contribution in [3.8, 4) is 0 Å². The average Bonchev–Trinajstić information content (AvgIpc) is 3.32. The van der Waals surface area contributed by atoms with Crippen molar-refractivity contribution in [3.63, 3.8) is 0 Å². The van der Waals surface area contributed by atoms with E-state index in [0.29, 0.717) is 12.5 Å². The Labute approximate surface area is 186 Å². The minimum atomic E-state index is -1.20. The van der Waals surface area contributed by atoms with Crippen LogP contribution in [-0.2, 0) is 11.3 Å². The maximum absolute atomic E-state index is 10.6. The van der Waals surface area contributed by atoms with Crippen LogP contribution in [0.4, 0.5) is 11.6 Å². The number of hydrogen-bond donors (Lipinski definition) is 6. The predicted octanol–water partition coefficient (Wildman–Crippen LogP) is 1.44. The van der Waals surface area contributed by atoms with Crippen molar-refractivity contribution in [1.82, 2.24) is 9.55 Å². The Morgan fingerprint density at radius 1 is 0.969 bits per heavy atom. The summed E-state index contributed by atoms with van der Waals surface area (Å²) in [5.74, 6) is 0.502. The summed E-state index contributed by atoms with van der Waals surface area (Å²) in [6, 6.07) is 15.5. The number of nitrogens with zero attached hydrogens (tertiary/aromatic N) is 2. The SMILES string of the molecule is OCCCCNc1cccc(CNc2nc3ccccc3n2[C@@H]2O[C@H](CO)[C@@H](O)[C@H]2O)c1. The van der Waals surface area contributed by atoms with E-state index in [0.717, 1.165) is 41.7 Å². The second-order valence-corrected chi connectivity index (χ2v) is 7.93. The summed E-state index contributed by atoms with van der Waals surface area (Å²) in [4.78, 5) is 4.65. The second kappa shape index (κ2) is 10.3. The van der Waals surface area contributed by atoms with Crippen LogP contribution in [0.3, 0.4) is 0 Å². The summed E-state index contributed by atoms with van der Waals surface area (Å²) >= 11 is 0. The third-order valence-electron chi connectivity index (χ3n) is 5.66. The summed E-state index contributed by atoms with van der Waals surface area (Å²) in [5.41, 5.74) is 3.52. The van der Waals surface area contributed by atoms with Crippen LogP contribution in [0.2, 0.25) is 0 Å². The minimum Gasteiger partial charge on any atom is -0.396 e. The van der Waals surface area contributed by atoms with Crippen LogP contribution < -0.4 is 10.6 Å². The molecular formula is C23H30N4O5. The molecule has 0 saturated carbocycles. The maximum atomic E-state index is 10.6. The fourth-order valence-electron chi connectivity index (χ4n) is 3.96. The van der Waals surface area contributed by atoms with Gasteiger partial charge in [0.2, 0.25) is 5.95 Å². The fraction of sp³-hybridized carbons (Fsp3) is 0.435. The van der Waals surface area contributed by atoms with E-state index in [2.05, 4.69) is 15.6 Å². The second-order valence-electron chi connectivity index (χ2n) is 7.93. The summed E-state index contributed by atoms with van der Waals surface area (Å²) in [5, 5.41) is 45.8. The molecule has 6 N–H and O–H groups in total. The number of imidazole rings is 1. The average molecular weight is 443 g/mol. The first-order chi connectivity index (χ1) is 15.6. The van der Waals surface area contributed by atoms with Gasteiger partial charge in [0.05, 0.1) is 17.6 Å². The molecule has 0 aliphatic carbocycles. The third-order valence-corrected chi connectivity index (χ3v) is 5.66. The summed E-state index contributed by atoms with van der Waals surface area (Å²) in [6.07, 6.45) is -2.46. The van der Waals surface area contributed by atoms with Crippen LogP contribution in [0, 0.1) is 0 Å². The molecule has 1 saturated heterocycles. The van der Waals surface area contributed by atoms with E-state index in [1.165, 1.54) is 0 Å².